The second-order valence-electron chi connectivity index (χ2n) is 11.6. The van der Waals surface area contributed by atoms with E-state index in [1.807, 2.05) is 61.4 Å². The minimum atomic E-state index is 0.802. The minimum Gasteiger partial charge on any atom is -0.454 e. The molecule has 0 atom stereocenters. The molecule has 0 aliphatic rings. The summed E-state index contributed by atoms with van der Waals surface area (Å²) in [4.78, 5) is 18.1. The van der Waals surface area contributed by atoms with Gasteiger partial charge in [0.1, 0.15) is 11.2 Å². The number of para-hydroxylation sites is 2. The Kier molecular flexibility index (Phi) is 4.43. The van der Waals surface area contributed by atoms with Gasteiger partial charge in [0.05, 0.1) is 44.5 Å². The summed E-state index contributed by atoms with van der Waals surface area (Å²) in [6.45, 7) is 0. The molecule has 11 aromatic rings. The van der Waals surface area contributed by atoms with Crippen molar-refractivity contribution in [2.24, 2.45) is 0 Å². The quantitative estimate of drug-likeness (QED) is 0.199. The Bertz CT molecular complexity index is 2740. The first-order valence-corrected chi connectivity index (χ1v) is 15.0. The van der Waals surface area contributed by atoms with Gasteiger partial charge in [-0.1, -0.05) is 24.3 Å². The Morgan fingerprint density at radius 3 is 1.43 bits per heavy atom. The van der Waals surface area contributed by atoms with Gasteiger partial charge in [0.25, 0.3) is 0 Å². The molecule has 0 amide bonds. The summed E-state index contributed by atoms with van der Waals surface area (Å²) in [5.41, 5.74) is 11.0. The summed E-state index contributed by atoms with van der Waals surface area (Å²) in [5.74, 6) is 0. The van der Waals surface area contributed by atoms with Gasteiger partial charge in [0.2, 0.25) is 0 Å². The molecule has 0 saturated carbocycles. The number of benzene rings is 3. The Morgan fingerprint density at radius 1 is 0.435 bits per heavy atom. The predicted octanol–water partition coefficient (Wildman–Crippen LogP) is 9.26. The average molecular weight is 593 g/mol. The van der Waals surface area contributed by atoms with Gasteiger partial charge in [0, 0.05) is 69.5 Å². The molecule has 8 heterocycles. The van der Waals surface area contributed by atoms with Crippen LogP contribution in [0.3, 0.4) is 0 Å². The fraction of sp³-hybridized carbons (Fsp3) is 0. The highest BCUT2D eigenvalue weighted by atomic mass is 16.3. The Hall–Kier alpha value is -6.54. The van der Waals surface area contributed by atoms with Crippen LogP contribution >= 0.6 is 0 Å². The maximum absolute atomic E-state index is 6.73. The zero-order valence-electron chi connectivity index (χ0n) is 24.0. The van der Waals surface area contributed by atoms with Crippen molar-refractivity contribution < 1.29 is 8.83 Å². The molecule has 214 valence electrons. The van der Waals surface area contributed by atoms with Crippen LogP contribution in [0.25, 0.3) is 99.1 Å². The molecular weight excluding hydrogens is 572 g/mol. The van der Waals surface area contributed by atoms with Crippen molar-refractivity contribution >= 4 is 87.7 Å². The predicted molar refractivity (Wildman–Crippen MR) is 181 cm³/mol. The molecule has 0 aliphatic carbocycles. The number of aromatic nitrogens is 6. The van der Waals surface area contributed by atoms with Gasteiger partial charge >= 0.3 is 0 Å². The van der Waals surface area contributed by atoms with Gasteiger partial charge in [0.15, 0.2) is 11.2 Å². The van der Waals surface area contributed by atoms with E-state index in [1.54, 1.807) is 0 Å². The van der Waals surface area contributed by atoms with Gasteiger partial charge in [-0.2, -0.15) is 0 Å². The van der Waals surface area contributed by atoms with Crippen molar-refractivity contribution in [3.8, 4) is 11.4 Å². The van der Waals surface area contributed by atoms with Crippen LogP contribution < -0.4 is 0 Å². The van der Waals surface area contributed by atoms with E-state index in [4.69, 9.17) is 8.83 Å². The molecule has 0 fully saturated rings. The van der Waals surface area contributed by atoms with Crippen molar-refractivity contribution in [3.63, 3.8) is 0 Å². The molecule has 8 heteroatoms. The van der Waals surface area contributed by atoms with Crippen molar-refractivity contribution in [1.29, 1.82) is 0 Å². The maximum Gasteiger partial charge on any atom is 0.159 e. The van der Waals surface area contributed by atoms with Crippen molar-refractivity contribution in [1.82, 2.24) is 29.1 Å². The van der Waals surface area contributed by atoms with E-state index in [-0.39, 0.29) is 0 Å². The topological polar surface area (TPSA) is 87.7 Å². The SMILES string of the molecule is c1cc(-n2c3ccncc3c3ncccc32)c2oc3cc4c(cc3c2c1)oc1c(-n2c3ccncc3c3ncccc32)cccc14. The summed E-state index contributed by atoms with van der Waals surface area (Å²) in [7, 11) is 0. The fourth-order valence-corrected chi connectivity index (χ4v) is 7.29. The number of hydrogen-bond acceptors (Lipinski definition) is 6. The van der Waals surface area contributed by atoms with Crippen LogP contribution in [0.2, 0.25) is 0 Å². The first-order valence-electron chi connectivity index (χ1n) is 15.0. The summed E-state index contributed by atoms with van der Waals surface area (Å²) in [6, 6.07) is 28.9. The first-order chi connectivity index (χ1) is 22.8. The highest BCUT2D eigenvalue weighted by molar-refractivity contribution is 6.18. The zero-order valence-corrected chi connectivity index (χ0v) is 24.0. The van der Waals surface area contributed by atoms with Gasteiger partial charge in [-0.25, -0.2) is 0 Å². The van der Waals surface area contributed by atoms with Gasteiger partial charge < -0.3 is 18.0 Å². The monoisotopic (exact) mass is 592 g/mol. The molecule has 8 aromatic heterocycles. The highest BCUT2D eigenvalue weighted by Gasteiger charge is 2.21. The zero-order chi connectivity index (χ0) is 29.9. The molecule has 0 unspecified atom stereocenters. The minimum absolute atomic E-state index is 0.802. The summed E-state index contributed by atoms with van der Waals surface area (Å²) >= 11 is 0. The lowest BCUT2D eigenvalue weighted by atomic mass is 10.1. The summed E-state index contributed by atoms with van der Waals surface area (Å²) in [5, 5.41) is 6.03. The van der Waals surface area contributed by atoms with E-state index in [1.165, 1.54) is 0 Å². The van der Waals surface area contributed by atoms with Crippen molar-refractivity contribution in [2.75, 3.05) is 0 Å². The largest absolute Gasteiger partial charge is 0.454 e. The number of hydrogen-bond donors (Lipinski definition) is 0. The van der Waals surface area contributed by atoms with Gasteiger partial charge in [-0.15, -0.1) is 0 Å². The molecule has 0 radical (unpaired) electrons. The molecule has 3 aromatic carbocycles. The van der Waals surface area contributed by atoms with Crippen molar-refractivity contribution in [3.05, 3.63) is 122 Å². The van der Waals surface area contributed by atoms with E-state index in [0.717, 1.165) is 99.1 Å². The van der Waals surface area contributed by atoms with E-state index >= 15 is 0 Å². The standard InChI is InChI=1S/C38H20N6O2/c1-5-21-23-17-34-24(18-33(23)45-37(21)31(7-1)43-27-11-15-39-19-25(27)35-29(43)9-3-13-41-35)22-6-2-8-32(38(22)46-34)44-28-12-16-40-20-26(28)36-30(44)10-4-14-42-36/h1-20H. The van der Waals surface area contributed by atoms with Crippen LogP contribution in [0.1, 0.15) is 0 Å². The van der Waals surface area contributed by atoms with Crippen molar-refractivity contribution in [2.45, 2.75) is 0 Å². The summed E-state index contributed by atoms with van der Waals surface area (Å²) < 4.78 is 17.9. The molecule has 0 spiro atoms. The lowest BCUT2D eigenvalue weighted by Crippen LogP contribution is -1.94. The van der Waals surface area contributed by atoms with E-state index in [0.29, 0.717) is 0 Å². The average Bonchev–Trinajstić information content (AvgIpc) is 3.85. The highest BCUT2D eigenvalue weighted by Crippen LogP contribution is 2.42. The van der Waals surface area contributed by atoms with Gasteiger partial charge in [-0.05, 0) is 60.7 Å². The second-order valence-corrected chi connectivity index (χ2v) is 11.6. The normalized spacial score (nSPS) is 12.3. The fourth-order valence-electron chi connectivity index (χ4n) is 7.29. The molecule has 46 heavy (non-hydrogen) atoms. The first kappa shape index (κ1) is 23.9. The van der Waals surface area contributed by atoms with Crippen LogP contribution in [0.4, 0.5) is 0 Å². The van der Waals surface area contributed by atoms with Crippen LogP contribution in [-0.4, -0.2) is 29.1 Å². The number of fused-ring (bicyclic) bond motifs is 12. The van der Waals surface area contributed by atoms with Crippen LogP contribution in [0, 0.1) is 0 Å². The lowest BCUT2D eigenvalue weighted by Gasteiger charge is -2.08. The van der Waals surface area contributed by atoms with E-state index in [2.05, 4.69) is 89.7 Å². The molecule has 0 bridgehead atoms. The van der Waals surface area contributed by atoms with Crippen LogP contribution in [0.5, 0.6) is 0 Å². The number of rotatable bonds is 2. The Labute approximate surface area is 258 Å². The third kappa shape index (κ3) is 2.97. The molecule has 0 N–H and O–H groups in total. The van der Waals surface area contributed by atoms with Crippen LogP contribution in [-0.2, 0) is 0 Å². The van der Waals surface area contributed by atoms with E-state index < -0.39 is 0 Å². The molecular formula is C38H20N6O2. The van der Waals surface area contributed by atoms with Gasteiger partial charge in [-0.3, -0.25) is 19.9 Å². The number of pyridine rings is 4. The number of nitrogens with zero attached hydrogens (tertiary/aromatic N) is 6. The summed E-state index contributed by atoms with van der Waals surface area (Å²) in [6.07, 6.45) is 11.0. The number of furan rings is 2. The molecule has 8 nitrogen and oxygen atoms in total. The third-order valence-corrected chi connectivity index (χ3v) is 9.20. The molecule has 11 rings (SSSR count). The second kappa shape index (κ2) is 8.55. The Morgan fingerprint density at radius 2 is 0.935 bits per heavy atom. The Balaban J connectivity index is 1.18. The lowest BCUT2D eigenvalue weighted by molar-refractivity contribution is 0.661. The molecule has 0 saturated heterocycles. The smallest absolute Gasteiger partial charge is 0.159 e. The van der Waals surface area contributed by atoms with Crippen LogP contribution in [0.15, 0.2) is 131 Å². The maximum atomic E-state index is 6.73. The molecule has 0 aliphatic heterocycles. The third-order valence-electron chi connectivity index (χ3n) is 9.20. The van der Waals surface area contributed by atoms with E-state index in [9.17, 15) is 0 Å².